The Kier molecular flexibility index (Phi) is 5.83. The molecule has 0 N–H and O–H groups in total. The van der Waals surface area contributed by atoms with Gasteiger partial charge in [-0.25, -0.2) is 0 Å². The van der Waals surface area contributed by atoms with Gasteiger partial charge in [0.1, 0.15) is 5.75 Å². The standard InChI is InChI=1S/C21H24N2O2/c1-2-25-20-6-4-18(5-7-20)19-11-15-23(16-12-19)21(24)8-3-17-9-13-22-14-10-17/h4-7,9-11,13-14H,2-3,8,12,15-16H2,1H3. The number of hydrogen-bond donors (Lipinski definition) is 0. The first-order chi connectivity index (χ1) is 12.3. The van der Waals surface area contributed by atoms with E-state index in [1.54, 1.807) is 12.4 Å². The molecule has 4 heteroatoms. The zero-order valence-electron chi connectivity index (χ0n) is 14.6. The van der Waals surface area contributed by atoms with Gasteiger partial charge in [-0.2, -0.15) is 0 Å². The van der Waals surface area contributed by atoms with Crippen LogP contribution in [0.3, 0.4) is 0 Å². The fourth-order valence-corrected chi connectivity index (χ4v) is 3.05. The van der Waals surface area contributed by atoms with Gasteiger partial charge in [0.05, 0.1) is 6.61 Å². The van der Waals surface area contributed by atoms with Gasteiger partial charge in [-0.3, -0.25) is 9.78 Å². The van der Waals surface area contributed by atoms with Crippen molar-refractivity contribution in [2.45, 2.75) is 26.2 Å². The third-order valence-electron chi connectivity index (χ3n) is 4.47. The monoisotopic (exact) mass is 336 g/mol. The van der Waals surface area contributed by atoms with Crippen molar-refractivity contribution < 1.29 is 9.53 Å². The summed E-state index contributed by atoms with van der Waals surface area (Å²) in [5.74, 6) is 1.12. The average molecular weight is 336 g/mol. The van der Waals surface area contributed by atoms with Gasteiger partial charge in [-0.15, -0.1) is 0 Å². The summed E-state index contributed by atoms with van der Waals surface area (Å²) < 4.78 is 5.48. The summed E-state index contributed by atoms with van der Waals surface area (Å²) in [6, 6.07) is 12.1. The largest absolute Gasteiger partial charge is 0.494 e. The summed E-state index contributed by atoms with van der Waals surface area (Å²) >= 11 is 0. The van der Waals surface area contributed by atoms with Crippen LogP contribution in [0.1, 0.15) is 30.9 Å². The van der Waals surface area contributed by atoms with Crippen LogP contribution in [0.2, 0.25) is 0 Å². The second-order valence-corrected chi connectivity index (χ2v) is 6.13. The quantitative estimate of drug-likeness (QED) is 0.807. The van der Waals surface area contributed by atoms with E-state index in [9.17, 15) is 4.79 Å². The number of benzene rings is 1. The van der Waals surface area contributed by atoms with Gasteiger partial charge in [0, 0.05) is 31.9 Å². The minimum atomic E-state index is 0.221. The van der Waals surface area contributed by atoms with Gasteiger partial charge in [-0.05, 0) is 60.7 Å². The molecule has 0 bridgehead atoms. The summed E-state index contributed by atoms with van der Waals surface area (Å²) in [5, 5.41) is 0. The van der Waals surface area contributed by atoms with E-state index in [-0.39, 0.29) is 5.91 Å². The average Bonchev–Trinajstić information content (AvgIpc) is 2.68. The fourth-order valence-electron chi connectivity index (χ4n) is 3.05. The van der Waals surface area contributed by atoms with Crippen LogP contribution in [0.5, 0.6) is 5.75 Å². The molecule has 0 saturated carbocycles. The lowest BCUT2D eigenvalue weighted by molar-refractivity contribution is -0.130. The number of carbonyl (C=O) groups excluding carboxylic acids is 1. The number of rotatable bonds is 6. The van der Waals surface area contributed by atoms with Gasteiger partial charge in [-0.1, -0.05) is 18.2 Å². The Hall–Kier alpha value is -2.62. The van der Waals surface area contributed by atoms with E-state index < -0.39 is 0 Å². The van der Waals surface area contributed by atoms with Crippen molar-refractivity contribution in [1.82, 2.24) is 9.88 Å². The van der Waals surface area contributed by atoms with Crippen LogP contribution in [-0.2, 0) is 11.2 Å². The summed E-state index contributed by atoms with van der Waals surface area (Å²) in [7, 11) is 0. The van der Waals surface area contributed by atoms with Gasteiger partial charge in [0.2, 0.25) is 5.91 Å². The minimum absolute atomic E-state index is 0.221. The molecule has 25 heavy (non-hydrogen) atoms. The molecule has 0 aliphatic carbocycles. The molecule has 1 aromatic heterocycles. The third kappa shape index (κ3) is 4.69. The van der Waals surface area contributed by atoms with Crippen LogP contribution in [0, 0.1) is 0 Å². The zero-order chi connectivity index (χ0) is 17.5. The number of pyridine rings is 1. The number of amides is 1. The Morgan fingerprint density at radius 1 is 1.16 bits per heavy atom. The maximum Gasteiger partial charge on any atom is 0.223 e. The summed E-state index contributed by atoms with van der Waals surface area (Å²) in [5.41, 5.74) is 3.68. The molecular weight excluding hydrogens is 312 g/mol. The van der Waals surface area contributed by atoms with Crippen LogP contribution in [0.15, 0.2) is 54.9 Å². The van der Waals surface area contributed by atoms with E-state index in [2.05, 4.69) is 23.2 Å². The number of ether oxygens (including phenoxy) is 1. The Balaban J connectivity index is 1.53. The molecule has 1 amide bonds. The molecule has 0 fully saturated rings. The van der Waals surface area contributed by atoms with E-state index >= 15 is 0 Å². The Morgan fingerprint density at radius 2 is 1.92 bits per heavy atom. The third-order valence-corrected chi connectivity index (χ3v) is 4.47. The molecule has 0 spiro atoms. The molecule has 130 valence electrons. The highest BCUT2D eigenvalue weighted by Gasteiger charge is 2.17. The maximum atomic E-state index is 12.4. The minimum Gasteiger partial charge on any atom is -0.494 e. The number of aryl methyl sites for hydroxylation is 1. The highest BCUT2D eigenvalue weighted by Crippen LogP contribution is 2.24. The van der Waals surface area contributed by atoms with Crippen LogP contribution in [0.4, 0.5) is 0 Å². The van der Waals surface area contributed by atoms with E-state index in [0.29, 0.717) is 19.6 Å². The smallest absolute Gasteiger partial charge is 0.223 e. The normalized spacial score (nSPS) is 14.1. The highest BCUT2D eigenvalue weighted by molar-refractivity contribution is 5.78. The molecule has 0 radical (unpaired) electrons. The van der Waals surface area contributed by atoms with Gasteiger partial charge in [0.15, 0.2) is 0 Å². The van der Waals surface area contributed by atoms with Crippen molar-refractivity contribution >= 4 is 11.5 Å². The van der Waals surface area contributed by atoms with E-state index in [0.717, 1.165) is 30.7 Å². The van der Waals surface area contributed by atoms with Gasteiger partial charge >= 0.3 is 0 Å². The second-order valence-electron chi connectivity index (χ2n) is 6.13. The highest BCUT2D eigenvalue weighted by atomic mass is 16.5. The summed E-state index contributed by atoms with van der Waals surface area (Å²) in [4.78, 5) is 18.3. The van der Waals surface area contributed by atoms with Gasteiger partial charge in [0.25, 0.3) is 0 Å². The Labute approximate surface area is 149 Å². The molecular formula is C21H24N2O2. The molecule has 4 nitrogen and oxygen atoms in total. The molecule has 0 saturated heterocycles. The lowest BCUT2D eigenvalue weighted by Crippen LogP contribution is -2.34. The Bertz CT molecular complexity index is 723. The SMILES string of the molecule is CCOc1ccc(C2=CCN(C(=O)CCc3ccncc3)CC2)cc1. The number of carbonyl (C=O) groups is 1. The number of aromatic nitrogens is 1. The van der Waals surface area contributed by atoms with Crippen LogP contribution < -0.4 is 4.74 Å². The molecule has 2 heterocycles. The Morgan fingerprint density at radius 3 is 2.56 bits per heavy atom. The fraction of sp³-hybridized carbons (Fsp3) is 0.333. The molecule has 0 unspecified atom stereocenters. The zero-order valence-corrected chi connectivity index (χ0v) is 14.6. The van der Waals surface area contributed by atoms with Crippen molar-refractivity contribution in [3.05, 3.63) is 66.0 Å². The molecule has 1 aliphatic rings. The van der Waals surface area contributed by atoms with Crippen LogP contribution >= 0.6 is 0 Å². The van der Waals surface area contributed by atoms with E-state index in [4.69, 9.17) is 4.74 Å². The lowest BCUT2D eigenvalue weighted by Gasteiger charge is -2.27. The van der Waals surface area contributed by atoms with E-state index in [1.165, 1.54) is 11.1 Å². The van der Waals surface area contributed by atoms with Crippen LogP contribution in [-0.4, -0.2) is 35.5 Å². The number of hydrogen-bond acceptors (Lipinski definition) is 3. The topological polar surface area (TPSA) is 42.4 Å². The maximum absolute atomic E-state index is 12.4. The van der Waals surface area contributed by atoms with Gasteiger partial charge < -0.3 is 9.64 Å². The van der Waals surface area contributed by atoms with Crippen molar-refractivity contribution in [3.8, 4) is 5.75 Å². The lowest BCUT2D eigenvalue weighted by atomic mass is 9.99. The molecule has 3 rings (SSSR count). The van der Waals surface area contributed by atoms with Crippen molar-refractivity contribution in [2.75, 3.05) is 19.7 Å². The summed E-state index contributed by atoms with van der Waals surface area (Å²) in [6.07, 6.45) is 7.93. The predicted molar refractivity (Wildman–Crippen MR) is 99.3 cm³/mol. The van der Waals surface area contributed by atoms with E-state index in [1.807, 2.05) is 36.1 Å². The van der Waals surface area contributed by atoms with Crippen LogP contribution in [0.25, 0.3) is 5.57 Å². The molecule has 0 atom stereocenters. The number of nitrogens with zero attached hydrogens (tertiary/aromatic N) is 2. The first kappa shape index (κ1) is 17.2. The molecule has 1 aliphatic heterocycles. The molecule has 2 aromatic rings. The predicted octanol–water partition coefficient (Wildman–Crippen LogP) is 3.73. The van der Waals surface area contributed by atoms with Crippen molar-refractivity contribution in [2.24, 2.45) is 0 Å². The second kappa shape index (κ2) is 8.47. The summed E-state index contributed by atoms with van der Waals surface area (Å²) in [6.45, 7) is 4.14. The first-order valence-electron chi connectivity index (χ1n) is 8.85. The first-order valence-corrected chi connectivity index (χ1v) is 8.85. The molecule has 1 aromatic carbocycles. The van der Waals surface area contributed by atoms with Crippen molar-refractivity contribution in [1.29, 1.82) is 0 Å². The van der Waals surface area contributed by atoms with Crippen molar-refractivity contribution in [3.63, 3.8) is 0 Å².